The van der Waals surface area contributed by atoms with Gasteiger partial charge in [0.1, 0.15) is 23.7 Å². The number of sulfonamides is 1. The molecule has 0 spiro atoms. The van der Waals surface area contributed by atoms with Crippen LogP contribution in [-0.2, 0) is 26.0 Å². The summed E-state index contributed by atoms with van der Waals surface area (Å²) in [4.78, 5) is 34.6. The van der Waals surface area contributed by atoms with Crippen molar-refractivity contribution in [1.29, 1.82) is 0 Å². The van der Waals surface area contributed by atoms with Gasteiger partial charge in [-0.05, 0) is 48.5 Å². The molecule has 2 aliphatic heterocycles. The number of pyridine rings is 1. The van der Waals surface area contributed by atoms with Gasteiger partial charge in [-0.2, -0.15) is 4.31 Å². The molecule has 1 unspecified atom stereocenters. The van der Waals surface area contributed by atoms with Crippen LogP contribution in [0.4, 0.5) is 19.0 Å². The Balaban J connectivity index is 1.48. The number of nitrogen functional groups attached to an aromatic ring is 1. The van der Waals surface area contributed by atoms with Crippen molar-refractivity contribution in [1.82, 2.24) is 24.5 Å². The van der Waals surface area contributed by atoms with Crippen LogP contribution in [-0.4, -0.2) is 82.3 Å². The summed E-state index contributed by atoms with van der Waals surface area (Å²) in [5.41, 5.74) is 7.02. The fourth-order valence-corrected chi connectivity index (χ4v) is 7.57. The Morgan fingerprint density at radius 2 is 2.10 bits per heavy atom. The molecule has 4 heterocycles. The number of benzene rings is 1. The van der Waals surface area contributed by atoms with Crippen molar-refractivity contribution >= 4 is 49.8 Å². The van der Waals surface area contributed by atoms with Gasteiger partial charge in [0, 0.05) is 24.5 Å². The maximum atomic E-state index is 13.6. The average molecular weight is 601 g/mol. The minimum atomic E-state index is -5.09. The van der Waals surface area contributed by atoms with Crippen LogP contribution in [0.2, 0.25) is 0 Å². The zero-order valence-electron chi connectivity index (χ0n) is 20.5. The minimum absolute atomic E-state index is 0.00927. The summed E-state index contributed by atoms with van der Waals surface area (Å²) in [5.74, 6) is -2.96. The number of fused-ring (bicyclic) bond motifs is 1. The largest absolute Gasteiger partial charge is 0.573 e. The molecule has 2 saturated heterocycles. The maximum absolute atomic E-state index is 13.6. The van der Waals surface area contributed by atoms with Crippen molar-refractivity contribution in [3.05, 3.63) is 41.7 Å². The number of halogens is 3. The van der Waals surface area contributed by atoms with Gasteiger partial charge in [0.2, 0.25) is 5.91 Å². The van der Waals surface area contributed by atoms with Gasteiger partial charge in [-0.3, -0.25) is 9.78 Å². The Morgan fingerprint density at radius 1 is 1.35 bits per heavy atom. The number of rotatable bonds is 9. The second kappa shape index (κ2) is 10.5. The monoisotopic (exact) mass is 600 g/mol. The molecule has 40 heavy (non-hydrogen) atoms. The quantitative estimate of drug-likeness (QED) is 0.329. The van der Waals surface area contributed by atoms with E-state index in [1.807, 2.05) is 0 Å². The molecule has 0 aliphatic carbocycles. The first-order valence-corrected chi connectivity index (χ1v) is 14.3. The molecular weight excluding hydrogens is 577 g/mol. The van der Waals surface area contributed by atoms with Crippen molar-refractivity contribution in [3.8, 4) is 5.75 Å². The molecule has 0 saturated carbocycles. The van der Waals surface area contributed by atoms with Crippen molar-refractivity contribution in [2.75, 3.05) is 18.8 Å². The Kier molecular flexibility index (Phi) is 7.32. The summed E-state index contributed by atoms with van der Waals surface area (Å²) in [6.07, 6.45) is -3.35. The molecule has 17 heteroatoms. The number of ether oxygens (including phenoxy) is 1. The van der Waals surface area contributed by atoms with E-state index in [-0.39, 0.29) is 33.9 Å². The molecule has 0 bridgehead atoms. The molecule has 4 N–H and O–H groups in total. The molecule has 1 aromatic carbocycles. The lowest BCUT2D eigenvalue weighted by Crippen LogP contribution is -2.61. The van der Waals surface area contributed by atoms with E-state index in [1.165, 1.54) is 30.0 Å². The second-order valence-corrected chi connectivity index (χ2v) is 12.2. The molecule has 2 aliphatic rings. The number of aromatic nitrogens is 2. The summed E-state index contributed by atoms with van der Waals surface area (Å²) in [6.45, 7) is 0.410. The molecule has 3 aromatic rings. The van der Waals surface area contributed by atoms with Crippen LogP contribution in [0.1, 0.15) is 18.4 Å². The number of amides is 1. The van der Waals surface area contributed by atoms with E-state index in [2.05, 4.69) is 20.0 Å². The molecule has 1 amide bonds. The van der Waals surface area contributed by atoms with Crippen LogP contribution in [0, 0.1) is 0 Å². The normalized spacial score (nSPS) is 20.6. The number of nitrogens with one attached hydrogen (secondary N) is 1. The number of nitrogens with two attached hydrogens (primary N) is 1. The summed E-state index contributed by atoms with van der Waals surface area (Å²) in [7, 11) is -4.15. The number of anilines is 1. The van der Waals surface area contributed by atoms with Gasteiger partial charge < -0.3 is 25.8 Å². The topological polar surface area (TPSA) is 168 Å². The Bertz CT molecular complexity index is 1550. The molecule has 214 valence electrons. The van der Waals surface area contributed by atoms with E-state index in [9.17, 15) is 36.3 Å². The molecular formula is C23H23F3N6O6S2. The number of thiazole rings is 1. The zero-order chi connectivity index (χ0) is 28.8. The lowest BCUT2D eigenvalue weighted by Gasteiger charge is -2.39. The van der Waals surface area contributed by atoms with Gasteiger partial charge in [-0.15, -0.1) is 24.5 Å². The van der Waals surface area contributed by atoms with Crippen LogP contribution in [0.5, 0.6) is 5.75 Å². The fraction of sp³-hybridized carbons (Fsp3) is 0.391. The second-order valence-electron chi connectivity index (χ2n) is 9.23. The number of carbonyl (C=O) groups excluding carboxylic acids is 1. The summed E-state index contributed by atoms with van der Waals surface area (Å²) in [5, 5.41) is 13.6. The smallest absolute Gasteiger partial charge is 0.480 e. The van der Waals surface area contributed by atoms with Crippen LogP contribution >= 0.6 is 11.3 Å². The van der Waals surface area contributed by atoms with Crippen LogP contribution < -0.4 is 15.8 Å². The standard InChI is InChI=1S/C23H23F3N6O6S2/c24-23(25,26)38-17-9-14-12(1-4-30-20(14)27)7-13(17)8-16(22(34)35)31-6-3-15(21(31)33)32(18-2-5-29-18)40(36,37)19-10-28-11-39-19/h1,4,7,9-11,15-16,18,29H,2-3,5-6,8H2,(H2,27,30)(H,34,35)/t15-,16+,18?/m0/s1. The molecule has 5 rings (SSSR count). The Morgan fingerprint density at radius 3 is 2.70 bits per heavy atom. The average Bonchev–Trinajstić information content (AvgIpc) is 3.50. The van der Waals surface area contributed by atoms with E-state index in [4.69, 9.17) is 5.73 Å². The van der Waals surface area contributed by atoms with Crippen molar-refractivity contribution < 1.29 is 41.0 Å². The lowest BCUT2D eigenvalue weighted by atomic mass is 10.00. The van der Waals surface area contributed by atoms with E-state index >= 15 is 0 Å². The number of carboxylic acids is 1. The van der Waals surface area contributed by atoms with Gasteiger partial charge in [-0.1, -0.05) is 0 Å². The molecule has 3 atom stereocenters. The minimum Gasteiger partial charge on any atom is -0.480 e. The highest BCUT2D eigenvalue weighted by molar-refractivity contribution is 7.91. The van der Waals surface area contributed by atoms with Crippen LogP contribution in [0.15, 0.2) is 40.3 Å². The van der Waals surface area contributed by atoms with Crippen molar-refractivity contribution in [3.63, 3.8) is 0 Å². The Hall–Kier alpha value is -3.54. The third kappa shape index (κ3) is 5.28. The predicted octanol–water partition coefficient (Wildman–Crippen LogP) is 1.78. The van der Waals surface area contributed by atoms with Gasteiger partial charge in [0.25, 0.3) is 10.0 Å². The first kappa shape index (κ1) is 28.0. The van der Waals surface area contributed by atoms with Gasteiger partial charge in [0.15, 0.2) is 4.21 Å². The van der Waals surface area contributed by atoms with Crippen molar-refractivity contribution in [2.24, 2.45) is 0 Å². The molecule has 12 nitrogen and oxygen atoms in total. The molecule has 2 fully saturated rings. The van der Waals surface area contributed by atoms with E-state index in [0.717, 1.165) is 26.6 Å². The number of nitrogens with zero attached hydrogens (tertiary/aromatic N) is 4. The number of alkyl halides is 3. The maximum Gasteiger partial charge on any atom is 0.573 e. The number of carboxylic acid groups (broad SMARTS) is 1. The number of carbonyl (C=O) groups is 2. The first-order valence-electron chi connectivity index (χ1n) is 12.0. The lowest BCUT2D eigenvalue weighted by molar-refractivity contribution is -0.274. The van der Waals surface area contributed by atoms with E-state index in [1.54, 1.807) is 0 Å². The highest BCUT2D eigenvalue weighted by atomic mass is 32.2. The third-order valence-corrected chi connectivity index (χ3v) is 10.0. The van der Waals surface area contributed by atoms with Crippen molar-refractivity contribution in [2.45, 2.75) is 48.1 Å². The fourth-order valence-electron chi connectivity index (χ4n) is 4.90. The SMILES string of the molecule is Nc1nccc2cc(C[C@H](C(=O)O)N3CC[C@H](N(C4CCN4)S(=O)(=O)c4cncs4)C3=O)c(OC(F)(F)F)cc12. The third-order valence-electron chi connectivity index (χ3n) is 6.84. The van der Waals surface area contributed by atoms with Crippen LogP contribution in [0.25, 0.3) is 10.8 Å². The summed E-state index contributed by atoms with van der Waals surface area (Å²) < 4.78 is 71.7. The summed E-state index contributed by atoms with van der Waals surface area (Å²) >= 11 is 0.885. The number of aliphatic carboxylic acids is 1. The highest BCUT2D eigenvalue weighted by Gasteiger charge is 2.49. The first-order chi connectivity index (χ1) is 18.9. The zero-order valence-corrected chi connectivity index (χ0v) is 22.2. The van der Waals surface area contributed by atoms with Gasteiger partial charge >= 0.3 is 12.3 Å². The van der Waals surface area contributed by atoms with E-state index < -0.39 is 58.7 Å². The highest BCUT2D eigenvalue weighted by Crippen LogP contribution is 2.35. The summed E-state index contributed by atoms with van der Waals surface area (Å²) in [6, 6.07) is 1.01. The number of hydrogen-bond donors (Lipinski definition) is 3. The predicted molar refractivity (Wildman–Crippen MR) is 136 cm³/mol. The molecule has 0 radical (unpaired) electrons. The number of likely N-dealkylation sites (tertiary alicyclic amines) is 1. The molecule has 2 aromatic heterocycles. The number of hydrogen-bond acceptors (Lipinski definition) is 10. The Labute approximate surface area is 229 Å². The van der Waals surface area contributed by atoms with E-state index in [0.29, 0.717) is 18.4 Å². The van der Waals surface area contributed by atoms with Gasteiger partial charge in [0.05, 0.1) is 17.9 Å². The van der Waals surface area contributed by atoms with Gasteiger partial charge in [-0.25, -0.2) is 18.2 Å². The van der Waals surface area contributed by atoms with Crippen LogP contribution in [0.3, 0.4) is 0 Å².